The lowest BCUT2D eigenvalue weighted by molar-refractivity contribution is -0.184. The molecule has 8 heteroatoms. The second kappa shape index (κ2) is 7.62. The van der Waals surface area contributed by atoms with Crippen LogP contribution in [0.15, 0.2) is 30.5 Å². The lowest BCUT2D eigenvalue weighted by Gasteiger charge is -2.29. The number of carbonyl (C=O) groups is 2. The number of carboxylic acid groups (broad SMARTS) is 1. The van der Waals surface area contributed by atoms with Crippen LogP contribution in [-0.2, 0) is 16.1 Å². The third-order valence-corrected chi connectivity index (χ3v) is 5.14. The molecule has 2 aromatic rings. The van der Waals surface area contributed by atoms with Gasteiger partial charge in [0.25, 0.3) is 0 Å². The number of fused-ring (bicyclic) bond motifs is 1. The number of hydrogen-bond donors (Lipinski definition) is 2. The zero-order chi connectivity index (χ0) is 19.6. The molecule has 0 spiro atoms. The molecule has 0 saturated heterocycles. The molecule has 1 aromatic heterocycles. The molecule has 0 atom stereocenters. The van der Waals surface area contributed by atoms with Gasteiger partial charge in [-0.05, 0) is 55.9 Å². The van der Waals surface area contributed by atoms with Crippen LogP contribution in [0.25, 0.3) is 10.9 Å². The number of hydrogen-bond acceptors (Lipinski definition) is 2. The molecule has 1 heterocycles. The monoisotopic (exact) mass is 382 g/mol. The molecule has 0 unspecified atom stereocenters. The highest BCUT2D eigenvalue weighted by molar-refractivity contribution is 5.94. The lowest BCUT2D eigenvalue weighted by atomic mass is 9.80. The molecule has 2 N–H and O–H groups in total. The first-order chi connectivity index (χ1) is 12.7. The predicted octanol–water partition coefficient (Wildman–Crippen LogP) is 4.42. The van der Waals surface area contributed by atoms with Gasteiger partial charge in [-0.25, -0.2) is 0 Å². The standard InChI is InChI=1S/C19H21F3N2O3/c20-19(21,22)14-3-1-12(2-4-14)9-17(25)23-15-5-6-16-13(10-15)7-8-24(16)11-18(26)27/h5-8,10,12,14H,1-4,9,11H2,(H,23,25)(H,26,27). The van der Waals surface area contributed by atoms with Gasteiger partial charge >= 0.3 is 12.1 Å². The topological polar surface area (TPSA) is 71.3 Å². The van der Waals surface area contributed by atoms with E-state index in [4.69, 9.17) is 5.11 Å². The summed E-state index contributed by atoms with van der Waals surface area (Å²) in [5.74, 6) is -2.42. The van der Waals surface area contributed by atoms with Crippen molar-refractivity contribution in [1.82, 2.24) is 4.57 Å². The Labute approximate surface area is 154 Å². The number of amides is 1. The van der Waals surface area contributed by atoms with Gasteiger partial charge in [0.1, 0.15) is 6.54 Å². The molecule has 0 aliphatic heterocycles. The van der Waals surface area contributed by atoms with E-state index in [2.05, 4.69) is 5.32 Å². The molecule has 27 heavy (non-hydrogen) atoms. The number of carbonyl (C=O) groups excluding carboxylic acids is 1. The third-order valence-electron chi connectivity index (χ3n) is 5.14. The first-order valence-electron chi connectivity index (χ1n) is 8.89. The van der Waals surface area contributed by atoms with Crippen LogP contribution in [0, 0.1) is 11.8 Å². The Kier molecular flexibility index (Phi) is 5.43. The van der Waals surface area contributed by atoms with Crippen molar-refractivity contribution in [3.63, 3.8) is 0 Å². The smallest absolute Gasteiger partial charge is 0.391 e. The molecule has 1 saturated carbocycles. The maximum Gasteiger partial charge on any atom is 0.391 e. The highest BCUT2D eigenvalue weighted by Crippen LogP contribution is 2.40. The third kappa shape index (κ3) is 4.81. The van der Waals surface area contributed by atoms with Gasteiger partial charge in [-0.1, -0.05) is 0 Å². The number of benzene rings is 1. The van der Waals surface area contributed by atoms with Crippen LogP contribution < -0.4 is 5.32 Å². The molecule has 0 bridgehead atoms. The van der Waals surface area contributed by atoms with Crippen molar-refractivity contribution in [1.29, 1.82) is 0 Å². The van der Waals surface area contributed by atoms with E-state index in [0.717, 1.165) is 10.9 Å². The summed E-state index contributed by atoms with van der Waals surface area (Å²) in [6, 6.07) is 6.96. The van der Waals surface area contributed by atoms with Gasteiger partial charge in [-0.15, -0.1) is 0 Å². The summed E-state index contributed by atoms with van der Waals surface area (Å²) in [6.07, 6.45) is -1.26. The second-order valence-electron chi connectivity index (χ2n) is 7.12. The Bertz CT molecular complexity index is 836. The van der Waals surface area contributed by atoms with Crippen LogP contribution in [-0.4, -0.2) is 27.7 Å². The summed E-state index contributed by atoms with van der Waals surface area (Å²) in [4.78, 5) is 23.1. The molecule has 1 aliphatic carbocycles. The Morgan fingerprint density at radius 3 is 2.48 bits per heavy atom. The Hall–Kier alpha value is -2.51. The van der Waals surface area contributed by atoms with Gasteiger partial charge in [0.05, 0.1) is 5.92 Å². The minimum atomic E-state index is -4.14. The predicted molar refractivity (Wildman–Crippen MR) is 94.3 cm³/mol. The van der Waals surface area contributed by atoms with Crippen molar-refractivity contribution in [2.75, 3.05) is 5.32 Å². The highest BCUT2D eigenvalue weighted by Gasteiger charge is 2.41. The fraction of sp³-hybridized carbons (Fsp3) is 0.474. The van der Waals surface area contributed by atoms with Crippen LogP contribution in [0.5, 0.6) is 0 Å². The van der Waals surface area contributed by atoms with E-state index in [0.29, 0.717) is 18.5 Å². The zero-order valence-electron chi connectivity index (χ0n) is 14.6. The highest BCUT2D eigenvalue weighted by atomic mass is 19.4. The minimum absolute atomic E-state index is 0.0241. The van der Waals surface area contributed by atoms with Gasteiger partial charge in [0.15, 0.2) is 0 Å². The zero-order valence-corrected chi connectivity index (χ0v) is 14.6. The molecule has 1 aliphatic rings. The van der Waals surface area contributed by atoms with Crippen molar-refractivity contribution in [3.8, 4) is 0 Å². The van der Waals surface area contributed by atoms with Gasteiger partial charge in [-0.2, -0.15) is 13.2 Å². The van der Waals surface area contributed by atoms with Crippen molar-refractivity contribution < 1.29 is 27.9 Å². The fourth-order valence-electron chi connectivity index (χ4n) is 3.73. The maximum atomic E-state index is 12.7. The molecular formula is C19H21F3N2O3. The van der Waals surface area contributed by atoms with E-state index < -0.39 is 18.1 Å². The lowest BCUT2D eigenvalue weighted by Crippen LogP contribution is -2.29. The molecule has 146 valence electrons. The molecule has 1 fully saturated rings. The minimum Gasteiger partial charge on any atom is -0.480 e. The van der Waals surface area contributed by atoms with Crippen molar-refractivity contribution in [3.05, 3.63) is 30.5 Å². The summed E-state index contributed by atoms with van der Waals surface area (Å²) >= 11 is 0. The van der Waals surface area contributed by atoms with E-state index in [-0.39, 0.29) is 37.6 Å². The molecule has 5 nitrogen and oxygen atoms in total. The second-order valence-corrected chi connectivity index (χ2v) is 7.12. The maximum absolute atomic E-state index is 12.7. The molecule has 0 radical (unpaired) electrons. The average molecular weight is 382 g/mol. The number of nitrogens with one attached hydrogen (secondary N) is 1. The number of aliphatic carboxylic acids is 1. The van der Waals surface area contributed by atoms with E-state index in [1.165, 1.54) is 0 Å². The first-order valence-corrected chi connectivity index (χ1v) is 8.89. The quantitative estimate of drug-likeness (QED) is 0.804. The number of carboxylic acids is 1. The molecule has 3 rings (SSSR count). The SMILES string of the molecule is O=C(O)Cn1ccc2cc(NC(=O)CC3CCC(C(F)(F)F)CC3)ccc21. The number of halogens is 3. The van der Waals surface area contributed by atoms with Crippen LogP contribution in [0.1, 0.15) is 32.1 Å². The number of aromatic nitrogens is 1. The van der Waals surface area contributed by atoms with Gasteiger partial charge in [0.2, 0.25) is 5.91 Å². The van der Waals surface area contributed by atoms with Crippen molar-refractivity contribution in [2.24, 2.45) is 11.8 Å². The van der Waals surface area contributed by atoms with E-state index in [1.54, 1.807) is 35.0 Å². The Balaban J connectivity index is 1.56. The molecular weight excluding hydrogens is 361 g/mol. The van der Waals surface area contributed by atoms with Gasteiger partial charge in [-0.3, -0.25) is 9.59 Å². The number of nitrogens with zero attached hydrogens (tertiary/aromatic N) is 1. The fourth-order valence-corrected chi connectivity index (χ4v) is 3.73. The van der Waals surface area contributed by atoms with Crippen LogP contribution in [0.2, 0.25) is 0 Å². The summed E-state index contributed by atoms with van der Waals surface area (Å²) in [5.41, 5.74) is 1.34. The van der Waals surface area contributed by atoms with Crippen LogP contribution in [0.4, 0.5) is 18.9 Å². The van der Waals surface area contributed by atoms with Crippen molar-refractivity contribution >= 4 is 28.5 Å². The molecule has 1 aromatic carbocycles. The van der Waals surface area contributed by atoms with E-state index >= 15 is 0 Å². The summed E-state index contributed by atoms with van der Waals surface area (Å²) in [6.45, 7) is -0.143. The van der Waals surface area contributed by atoms with Crippen LogP contribution >= 0.6 is 0 Å². The number of alkyl halides is 3. The summed E-state index contributed by atoms with van der Waals surface area (Å²) in [5, 5.41) is 12.5. The van der Waals surface area contributed by atoms with Crippen molar-refractivity contribution in [2.45, 2.75) is 44.8 Å². The average Bonchev–Trinajstić information content (AvgIpc) is 2.96. The normalized spacial score (nSPS) is 20.6. The summed E-state index contributed by atoms with van der Waals surface area (Å²) < 4.78 is 39.7. The molecule has 1 amide bonds. The number of anilines is 1. The van der Waals surface area contributed by atoms with E-state index in [9.17, 15) is 22.8 Å². The van der Waals surface area contributed by atoms with Gasteiger partial charge < -0.3 is 15.0 Å². The van der Waals surface area contributed by atoms with Gasteiger partial charge in [0, 0.05) is 29.2 Å². The Morgan fingerprint density at radius 2 is 1.85 bits per heavy atom. The van der Waals surface area contributed by atoms with E-state index in [1.807, 2.05) is 0 Å². The number of rotatable bonds is 5. The van der Waals surface area contributed by atoms with Crippen LogP contribution in [0.3, 0.4) is 0 Å². The largest absolute Gasteiger partial charge is 0.480 e. The summed E-state index contributed by atoms with van der Waals surface area (Å²) in [7, 11) is 0. The Morgan fingerprint density at radius 1 is 1.15 bits per heavy atom. The first kappa shape index (κ1) is 19.3.